The van der Waals surface area contributed by atoms with Gasteiger partial charge in [0.25, 0.3) is 10.0 Å². The van der Waals surface area contributed by atoms with E-state index in [0.717, 1.165) is 22.5 Å². The number of imidazole rings is 1. The van der Waals surface area contributed by atoms with Gasteiger partial charge in [-0.25, -0.2) is 13.4 Å². The molecule has 1 heterocycles. The first-order valence-corrected chi connectivity index (χ1v) is 8.64. The highest BCUT2D eigenvalue weighted by molar-refractivity contribution is 7.92. The number of aromatic nitrogens is 2. The van der Waals surface area contributed by atoms with Crippen LogP contribution in [-0.2, 0) is 10.0 Å². The van der Waals surface area contributed by atoms with Gasteiger partial charge in [-0.15, -0.1) is 0 Å². The van der Waals surface area contributed by atoms with Crippen LogP contribution in [0.2, 0.25) is 0 Å². The second-order valence-corrected chi connectivity index (χ2v) is 7.06. The standard InChI is InChI=1S/C17H17N3O2S/c1-12-5-3-8-16(9-12)23(21,22)20-15-7-4-6-14(10-15)17-13(2)18-11-19-17/h3-11,20H,1-2H3,(H,18,19). The van der Waals surface area contributed by atoms with Crippen LogP contribution in [0.3, 0.4) is 0 Å². The van der Waals surface area contributed by atoms with Crippen molar-refractivity contribution in [1.29, 1.82) is 0 Å². The van der Waals surface area contributed by atoms with Crippen LogP contribution in [0.5, 0.6) is 0 Å². The Kier molecular flexibility index (Phi) is 3.92. The van der Waals surface area contributed by atoms with Gasteiger partial charge in [-0.2, -0.15) is 0 Å². The van der Waals surface area contributed by atoms with E-state index in [1.807, 2.05) is 26.0 Å². The topological polar surface area (TPSA) is 74.8 Å². The van der Waals surface area contributed by atoms with Crippen molar-refractivity contribution in [3.63, 3.8) is 0 Å². The predicted molar refractivity (Wildman–Crippen MR) is 90.7 cm³/mol. The molecule has 3 aromatic rings. The molecule has 118 valence electrons. The van der Waals surface area contributed by atoms with E-state index in [4.69, 9.17) is 0 Å². The van der Waals surface area contributed by atoms with Crippen LogP contribution >= 0.6 is 0 Å². The van der Waals surface area contributed by atoms with Crippen LogP contribution < -0.4 is 4.72 Å². The molecule has 0 saturated carbocycles. The fraction of sp³-hybridized carbons (Fsp3) is 0.118. The van der Waals surface area contributed by atoms with Gasteiger partial charge in [0.05, 0.1) is 16.9 Å². The molecule has 0 amide bonds. The van der Waals surface area contributed by atoms with Crippen LogP contribution in [0.1, 0.15) is 11.3 Å². The van der Waals surface area contributed by atoms with Gasteiger partial charge in [0, 0.05) is 16.9 Å². The third-order valence-corrected chi connectivity index (χ3v) is 4.90. The van der Waals surface area contributed by atoms with Crippen molar-refractivity contribution in [1.82, 2.24) is 9.97 Å². The zero-order valence-electron chi connectivity index (χ0n) is 12.9. The molecule has 0 radical (unpaired) electrons. The molecule has 0 aliphatic rings. The molecule has 2 N–H and O–H groups in total. The lowest BCUT2D eigenvalue weighted by Crippen LogP contribution is -2.13. The molecule has 23 heavy (non-hydrogen) atoms. The Bertz CT molecular complexity index is 946. The lowest BCUT2D eigenvalue weighted by Gasteiger charge is -2.10. The van der Waals surface area contributed by atoms with E-state index in [2.05, 4.69) is 14.7 Å². The summed E-state index contributed by atoms with van der Waals surface area (Å²) in [5.41, 5.74) is 4.00. The van der Waals surface area contributed by atoms with Crippen LogP contribution in [-0.4, -0.2) is 18.4 Å². The van der Waals surface area contributed by atoms with E-state index in [1.54, 1.807) is 42.7 Å². The van der Waals surface area contributed by atoms with Gasteiger partial charge in [-0.3, -0.25) is 4.72 Å². The van der Waals surface area contributed by atoms with E-state index in [-0.39, 0.29) is 4.90 Å². The second-order valence-electron chi connectivity index (χ2n) is 5.38. The number of aromatic amines is 1. The smallest absolute Gasteiger partial charge is 0.261 e. The number of nitrogens with one attached hydrogen (secondary N) is 2. The van der Waals surface area contributed by atoms with Gasteiger partial charge in [0.1, 0.15) is 0 Å². The van der Waals surface area contributed by atoms with Crippen molar-refractivity contribution in [2.75, 3.05) is 4.72 Å². The monoisotopic (exact) mass is 327 g/mol. The average molecular weight is 327 g/mol. The highest BCUT2D eigenvalue weighted by Crippen LogP contribution is 2.24. The fourth-order valence-corrected chi connectivity index (χ4v) is 3.53. The summed E-state index contributed by atoms with van der Waals surface area (Å²) in [5, 5.41) is 0. The molecule has 2 aromatic carbocycles. The number of hydrogen-bond acceptors (Lipinski definition) is 3. The number of H-pyrrole nitrogens is 1. The summed E-state index contributed by atoms with van der Waals surface area (Å²) in [4.78, 5) is 7.53. The van der Waals surface area contributed by atoms with Crippen molar-refractivity contribution in [2.45, 2.75) is 18.7 Å². The Morgan fingerprint density at radius 1 is 1.04 bits per heavy atom. The molecule has 1 aromatic heterocycles. The Morgan fingerprint density at radius 3 is 2.52 bits per heavy atom. The maximum atomic E-state index is 12.5. The van der Waals surface area contributed by atoms with E-state index >= 15 is 0 Å². The molecule has 5 nitrogen and oxygen atoms in total. The number of rotatable bonds is 4. The molecule has 6 heteroatoms. The van der Waals surface area contributed by atoms with E-state index < -0.39 is 10.0 Å². The summed E-state index contributed by atoms with van der Waals surface area (Å²) in [6.07, 6.45) is 1.62. The first-order chi connectivity index (χ1) is 11.0. The number of benzene rings is 2. The van der Waals surface area contributed by atoms with Gasteiger partial charge in [0.15, 0.2) is 0 Å². The molecule has 0 aliphatic heterocycles. The van der Waals surface area contributed by atoms with Gasteiger partial charge >= 0.3 is 0 Å². The van der Waals surface area contributed by atoms with E-state index in [1.165, 1.54) is 0 Å². The third kappa shape index (κ3) is 3.27. The van der Waals surface area contributed by atoms with Crippen molar-refractivity contribution >= 4 is 15.7 Å². The van der Waals surface area contributed by atoms with Crippen molar-refractivity contribution < 1.29 is 8.42 Å². The average Bonchev–Trinajstić information content (AvgIpc) is 2.93. The molecule has 0 spiro atoms. The first kappa shape index (κ1) is 15.3. The molecule has 0 bridgehead atoms. The molecular weight excluding hydrogens is 310 g/mol. The summed E-state index contributed by atoms with van der Waals surface area (Å²) in [6, 6.07) is 14.0. The molecule has 0 atom stereocenters. The number of sulfonamides is 1. The van der Waals surface area contributed by atoms with Gasteiger partial charge in [0.2, 0.25) is 0 Å². The summed E-state index contributed by atoms with van der Waals surface area (Å²) >= 11 is 0. The summed E-state index contributed by atoms with van der Waals surface area (Å²) in [7, 11) is -3.61. The van der Waals surface area contributed by atoms with Crippen LogP contribution in [0.25, 0.3) is 11.3 Å². The van der Waals surface area contributed by atoms with Crippen LogP contribution in [0.4, 0.5) is 5.69 Å². The molecule has 0 aliphatic carbocycles. The number of nitrogens with zero attached hydrogens (tertiary/aromatic N) is 1. The summed E-state index contributed by atoms with van der Waals surface area (Å²) in [6.45, 7) is 3.78. The summed E-state index contributed by atoms with van der Waals surface area (Å²) < 4.78 is 27.6. The Hall–Kier alpha value is -2.60. The number of aryl methyl sites for hydroxylation is 2. The normalized spacial score (nSPS) is 11.4. The van der Waals surface area contributed by atoms with Crippen LogP contribution in [0.15, 0.2) is 59.8 Å². The minimum atomic E-state index is -3.61. The highest BCUT2D eigenvalue weighted by atomic mass is 32.2. The minimum Gasteiger partial charge on any atom is -0.348 e. The third-order valence-electron chi connectivity index (χ3n) is 3.52. The SMILES string of the molecule is Cc1cccc(S(=O)(=O)Nc2cccc(-c3nc[nH]c3C)c2)c1. The zero-order valence-corrected chi connectivity index (χ0v) is 13.7. The number of hydrogen-bond donors (Lipinski definition) is 2. The molecular formula is C17H17N3O2S. The van der Waals surface area contributed by atoms with Crippen molar-refractivity contribution in [3.8, 4) is 11.3 Å². The lowest BCUT2D eigenvalue weighted by molar-refractivity contribution is 0.601. The minimum absolute atomic E-state index is 0.249. The van der Waals surface area contributed by atoms with Crippen molar-refractivity contribution in [2.24, 2.45) is 0 Å². The molecule has 0 saturated heterocycles. The molecule has 0 unspecified atom stereocenters. The van der Waals surface area contributed by atoms with Gasteiger partial charge < -0.3 is 4.98 Å². The maximum absolute atomic E-state index is 12.5. The zero-order chi connectivity index (χ0) is 16.4. The van der Waals surface area contributed by atoms with E-state index in [0.29, 0.717) is 5.69 Å². The van der Waals surface area contributed by atoms with Gasteiger partial charge in [-0.1, -0.05) is 24.3 Å². The van der Waals surface area contributed by atoms with Crippen molar-refractivity contribution in [3.05, 3.63) is 66.1 Å². The maximum Gasteiger partial charge on any atom is 0.261 e. The van der Waals surface area contributed by atoms with Gasteiger partial charge in [-0.05, 0) is 43.7 Å². The fourth-order valence-electron chi connectivity index (χ4n) is 2.38. The first-order valence-electron chi connectivity index (χ1n) is 7.15. The summed E-state index contributed by atoms with van der Waals surface area (Å²) in [5.74, 6) is 0. The Labute approximate surface area is 135 Å². The highest BCUT2D eigenvalue weighted by Gasteiger charge is 2.15. The Balaban J connectivity index is 1.93. The lowest BCUT2D eigenvalue weighted by atomic mass is 10.1. The Morgan fingerprint density at radius 2 is 1.83 bits per heavy atom. The van der Waals surface area contributed by atoms with Crippen LogP contribution in [0, 0.1) is 13.8 Å². The van der Waals surface area contributed by atoms with E-state index in [9.17, 15) is 8.42 Å². The predicted octanol–water partition coefficient (Wildman–Crippen LogP) is 3.49. The molecule has 0 fully saturated rings. The molecule has 3 rings (SSSR count). The largest absolute Gasteiger partial charge is 0.348 e. The number of anilines is 1. The quantitative estimate of drug-likeness (QED) is 0.770. The second kappa shape index (κ2) is 5.89.